The summed E-state index contributed by atoms with van der Waals surface area (Å²) in [6, 6.07) is 10.5. The zero-order valence-electron chi connectivity index (χ0n) is 12.3. The number of nitrogens with zero attached hydrogens (tertiary/aromatic N) is 2. The molecule has 1 fully saturated rings. The van der Waals surface area contributed by atoms with Gasteiger partial charge in [0.15, 0.2) is 0 Å². The summed E-state index contributed by atoms with van der Waals surface area (Å²) in [6.07, 6.45) is 6.64. The lowest BCUT2D eigenvalue weighted by Gasteiger charge is -2.32. The number of hydrogen-bond donors (Lipinski definition) is 0. The van der Waals surface area contributed by atoms with Gasteiger partial charge in [0.2, 0.25) is 0 Å². The molecule has 0 unspecified atom stereocenters. The highest BCUT2D eigenvalue weighted by atomic mass is 15.2. The number of likely N-dealkylation sites (tertiary alicyclic amines) is 1. The van der Waals surface area contributed by atoms with Crippen LogP contribution in [0.2, 0.25) is 0 Å². The molecule has 2 heteroatoms. The van der Waals surface area contributed by atoms with Crippen LogP contribution in [0, 0.1) is 0 Å². The summed E-state index contributed by atoms with van der Waals surface area (Å²) in [5.41, 5.74) is 3.16. The highest BCUT2D eigenvalue weighted by molar-refractivity contribution is 5.33. The third kappa shape index (κ3) is 2.85. The van der Waals surface area contributed by atoms with E-state index in [9.17, 15) is 0 Å². The average Bonchev–Trinajstić information content (AvgIpc) is 2.67. The molecule has 1 heterocycles. The minimum Gasteiger partial charge on any atom is -0.305 e. The van der Waals surface area contributed by atoms with E-state index in [1.54, 1.807) is 11.1 Å². The van der Waals surface area contributed by atoms with E-state index in [1.807, 2.05) is 0 Å². The molecule has 2 nitrogen and oxygen atoms in total. The van der Waals surface area contributed by atoms with Crippen molar-refractivity contribution in [3.05, 3.63) is 35.4 Å². The Morgan fingerprint density at radius 2 is 1.74 bits per heavy atom. The quantitative estimate of drug-likeness (QED) is 0.804. The Balaban J connectivity index is 1.69. The van der Waals surface area contributed by atoms with Gasteiger partial charge in [-0.1, -0.05) is 30.7 Å². The number of likely N-dealkylation sites (N-methyl/N-ethyl adjacent to an activating group) is 1. The second-order valence-corrected chi connectivity index (χ2v) is 6.44. The van der Waals surface area contributed by atoms with Crippen LogP contribution in [-0.2, 0) is 12.8 Å². The molecule has 104 valence electrons. The summed E-state index contributed by atoms with van der Waals surface area (Å²) in [6.45, 7) is 2.55. The number of rotatable bonds is 2. The molecule has 1 saturated heterocycles. The van der Waals surface area contributed by atoms with Gasteiger partial charge >= 0.3 is 0 Å². The fourth-order valence-corrected chi connectivity index (χ4v) is 3.70. The molecule has 1 aromatic carbocycles. The molecule has 2 aliphatic rings. The molecule has 1 atom stereocenters. The zero-order chi connectivity index (χ0) is 13.2. The van der Waals surface area contributed by atoms with E-state index in [2.05, 4.69) is 48.2 Å². The van der Waals surface area contributed by atoms with Gasteiger partial charge in [0.1, 0.15) is 0 Å². The van der Waals surface area contributed by atoms with Crippen molar-refractivity contribution in [3.8, 4) is 0 Å². The van der Waals surface area contributed by atoms with Crippen molar-refractivity contribution in [1.82, 2.24) is 9.80 Å². The van der Waals surface area contributed by atoms with E-state index in [4.69, 9.17) is 0 Å². The lowest BCUT2D eigenvalue weighted by Crippen LogP contribution is -2.44. The maximum absolute atomic E-state index is 2.76. The van der Waals surface area contributed by atoms with E-state index in [0.717, 1.165) is 12.1 Å². The molecular weight excluding hydrogens is 232 g/mol. The third-order valence-electron chi connectivity index (χ3n) is 4.95. The van der Waals surface area contributed by atoms with Crippen LogP contribution in [0.3, 0.4) is 0 Å². The number of fused-ring (bicyclic) bond motifs is 1. The average molecular weight is 258 g/mol. The fourth-order valence-electron chi connectivity index (χ4n) is 3.70. The number of benzene rings is 1. The summed E-state index contributed by atoms with van der Waals surface area (Å²) >= 11 is 0. The van der Waals surface area contributed by atoms with Crippen molar-refractivity contribution in [2.24, 2.45) is 0 Å². The summed E-state index contributed by atoms with van der Waals surface area (Å²) in [7, 11) is 4.47. The highest BCUT2D eigenvalue weighted by Crippen LogP contribution is 2.27. The molecule has 0 saturated carbocycles. The van der Waals surface area contributed by atoms with Gasteiger partial charge in [0, 0.05) is 18.6 Å². The first kappa shape index (κ1) is 13.1. The van der Waals surface area contributed by atoms with Gasteiger partial charge in [0.05, 0.1) is 0 Å². The van der Waals surface area contributed by atoms with Crippen molar-refractivity contribution in [1.29, 1.82) is 0 Å². The lowest BCUT2D eigenvalue weighted by atomic mass is 10.1. The van der Waals surface area contributed by atoms with Gasteiger partial charge in [-0.3, -0.25) is 4.90 Å². The fraction of sp³-hybridized carbons (Fsp3) is 0.647. The van der Waals surface area contributed by atoms with Gasteiger partial charge in [-0.15, -0.1) is 0 Å². The molecule has 3 rings (SSSR count). The van der Waals surface area contributed by atoms with Crippen molar-refractivity contribution in [3.63, 3.8) is 0 Å². The summed E-state index contributed by atoms with van der Waals surface area (Å²) in [5, 5.41) is 0. The Kier molecular flexibility index (Phi) is 3.90. The standard InChI is InChI=1S/C17H26N2/c1-18(2)16-9-5-6-10-19(13-16)17-11-14-7-3-4-8-15(14)12-17/h3-4,7-8,16-17H,5-6,9-13H2,1-2H3/t16-/m0/s1. The Hall–Kier alpha value is -0.860. The lowest BCUT2D eigenvalue weighted by molar-refractivity contribution is 0.155. The van der Waals surface area contributed by atoms with Crippen LogP contribution in [0.1, 0.15) is 30.4 Å². The topological polar surface area (TPSA) is 6.48 Å². The van der Waals surface area contributed by atoms with E-state index in [-0.39, 0.29) is 0 Å². The van der Waals surface area contributed by atoms with E-state index in [1.165, 1.54) is 45.2 Å². The molecule has 0 bridgehead atoms. The second-order valence-electron chi connectivity index (χ2n) is 6.44. The Morgan fingerprint density at radius 3 is 2.37 bits per heavy atom. The van der Waals surface area contributed by atoms with Gasteiger partial charge < -0.3 is 4.90 Å². The molecule has 1 aliphatic carbocycles. The first-order valence-corrected chi connectivity index (χ1v) is 7.71. The highest BCUT2D eigenvalue weighted by Gasteiger charge is 2.29. The third-order valence-corrected chi connectivity index (χ3v) is 4.95. The molecule has 0 amide bonds. The van der Waals surface area contributed by atoms with Crippen LogP contribution in [-0.4, -0.2) is 49.1 Å². The van der Waals surface area contributed by atoms with Crippen LogP contribution in [0.15, 0.2) is 24.3 Å². The van der Waals surface area contributed by atoms with Gasteiger partial charge in [-0.05, 0) is 57.5 Å². The molecule has 0 spiro atoms. The zero-order valence-corrected chi connectivity index (χ0v) is 12.3. The Bertz CT molecular complexity index is 402. The summed E-state index contributed by atoms with van der Waals surface area (Å²) in [5.74, 6) is 0. The first-order valence-electron chi connectivity index (χ1n) is 7.71. The Labute approximate surface area is 117 Å². The Morgan fingerprint density at radius 1 is 1.05 bits per heavy atom. The smallest absolute Gasteiger partial charge is 0.0217 e. The molecule has 1 aliphatic heterocycles. The number of hydrogen-bond acceptors (Lipinski definition) is 2. The largest absolute Gasteiger partial charge is 0.305 e. The summed E-state index contributed by atoms with van der Waals surface area (Å²) in [4.78, 5) is 5.18. The van der Waals surface area contributed by atoms with E-state index in [0.29, 0.717) is 0 Å². The monoisotopic (exact) mass is 258 g/mol. The van der Waals surface area contributed by atoms with Crippen LogP contribution in [0.25, 0.3) is 0 Å². The predicted molar refractivity (Wildman–Crippen MR) is 80.5 cm³/mol. The van der Waals surface area contributed by atoms with Crippen molar-refractivity contribution >= 4 is 0 Å². The van der Waals surface area contributed by atoms with Crippen LogP contribution >= 0.6 is 0 Å². The van der Waals surface area contributed by atoms with E-state index >= 15 is 0 Å². The maximum Gasteiger partial charge on any atom is 0.0217 e. The van der Waals surface area contributed by atoms with Crippen molar-refractivity contribution < 1.29 is 0 Å². The minimum atomic E-state index is 0.742. The minimum absolute atomic E-state index is 0.742. The van der Waals surface area contributed by atoms with Crippen LogP contribution in [0.4, 0.5) is 0 Å². The molecular formula is C17H26N2. The van der Waals surface area contributed by atoms with Crippen molar-refractivity contribution in [2.45, 2.75) is 44.2 Å². The second kappa shape index (κ2) is 5.64. The SMILES string of the molecule is CN(C)[C@H]1CCCCN(C2Cc3ccccc3C2)C1. The molecule has 0 N–H and O–H groups in total. The predicted octanol–water partition coefficient (Wildman–Crippen LogP) is 2.57. The van der Waals surface area contributed by atoms with Crippen LogP contribution in [0.5, 0.6) is 0 Å². The maximum atomic E-state index is 2.76. The first-order chi connectivity index (χ1) is 9.24. The van der Waals surface area contributed by atoms with Gasteiger partial charge in [-0.25, -0.2) is 0 Å². The molecule has 1 aromatic rings. The molecule has 19 heavy (non-hydrogen) atoms. The van der Waals surface area contributed by atoms with Gasteiger partial charge in [0.25, 0.3) is 0 Å². The molecule has 0 aromatic heterocycles. The molecule has 0 radical (unpaired) electrons. The van der Waals surface area contributed by atoms with Crippen molar-refractivity contribution in [2.75, 3.05) is 27.2 Å². The van der Waals surface area contributed by atoms with Crippen LogP contribution < -0.4 is 0 Å². The van der Waals surface area contributed by atoms with E-state index < -0.39 is 0 Å². The normalized spacial score (nSPS) is 25.5. The summed E-state index contributed by atoms with van der Waals surface area (Å²) < 4.78 is 0. The van der Waals surface area contributed by atoms with Gasteiger partial charge in [-0.2, -0.15) is 0 Å².